The fourth-order valence-corrected chi connectivity index (χ4v) is 3.93. The first kappa shape index (κ1) is 15.3. The van der Waals surface area contributed by atoms with Crippen LogP contribution in [0.25, 0.3) is 0 Å². The molecule has 112 valence electrons. The number of likely N-dealkylation sites (N-methyl/N-ethyl adjacent to an activating group) is 1. The smallest absolute Gasteiger partial charge is 0.0731 e. The van der Waals surface area contributed by atoms with Crippen molar-refractivity contribution < 1.29 is 4.74 Å². The Balaban J connectivity index is 1.86. The van der Waals surface area contributed by atoms with Gasteiger partial charge in [-0.3, -0.25) is 0 Å². The van der Waals surface area contributed by atoms with E-state index in [0.29, 0.717) is 18.2 Å². The molecule has 0 aromatic heterocycles. The van der Waals surface area contributed by atoms with Gasteiger partial charge in [0.25, 0.3) is 0 Å². The zero-order valence-electron chi connectivity index (χ0n) is 13.0. The van der Waals surface area contributed by atoms with Gasteiger partial charge in [0.1, 0.15) is 0 Å². The topological polar surface area (TPSA) is 21.3 Å². The highest BCUT2D eigenvalue weighted by molar-refractivity contribution is 4.81. The van der Waals surface area contributed by atoms with Crippen LogP contribution in [-0.2, 0) is 4.74 Å². The molecule has 2 fully saturated rings. The molecule has 0 aliphatic heterocycles. The van der Waals surface area contributed by atoms with Gasteiger partial charge < -0.3 is 10.1 Å². The zero-order chi connectivity index (χ0) is 13.5. The van der Waals surface area contributed by atoms with Crippen LogP contribution in [0.15, 0.2) is 0 Å². The Morgan fingerprint density at radius 2 is 1.74 bits per heavy atom. The molecule has 0 spiro atoms. The summed E-state index contributed by atoms with van der Waals surface area (Å²) in [4.78, 5) is 0. The van der Waals surface area contributed by atoms with Crippen LogP contribution < -0.4 is 5.32 Å². The summed E-state index contributed by atoms with van der Waals surface area (Å²) >= 11 is 0. The highest BCUT2D eigenvalue weighted by Gasteiger charge is 2.28. The molecule has 2 rings (SSSR count). The third-order valence-corrected chi connectivity index (χ3v) is 5.25. The average Bonchev–Trinajstić information content (AvgIpc) is 2.42. The Morgan fingerprint density at radius 1 is 0.947 bits per heavy atom. The van der Waals surface area contributed by atoms with Gasteiger partial charge in [-0.1, -0.05) is 51.9 Å². The molecule has 2 aliphatic rings. The van der Waals surface area contributed by atoms with Crippen LogP contribution in [0.3, 0.4) is 0 Å². The molecule has 1 N–H and O–H groups in total. The van der Waals surface area contributed by atoms with Crippen molar-refractivity contribution in [3.8, 4) is 0 Å². The molecule has 0 amide bonds. The third kappa shape index (κ3) is 4.75. The maximum absolute atomic E-state index is 6.54. The van der Waals surface area contributed by atoms with Crippen LogP contribution in [0.4, 0.5) is 0 Å². The summed E-state index contributed by atoms with van der Waals surface area (Å²) in [6, 6.07) is 0.585. The van der Waals surface area contributed by atoms with Crippen LogP contribution in [-0.4, -0.2) is 25.3 Å². The maximum Gasteiger partial charge on any atom is 0.0731 e. The molecule has 0 saturated heterocycles. The largest absolute Gasteiger partial charge is 0.373 e. The first-order valence-corrected chi connectivity index (χ1v) is 8.66. The predicted molar refractivity (Wildman–Crippen MR) is 81.5 cm³/mol. The number of hydrogen-bond donors (Lipinski definition) is 1. The zero-order valence-corrected chi connectivity index (χ0v) is 13.0. The van der Waals surface area contributed by atoms with Gasteiger partial charge in [-0.2, -0.15) is 0 Å². The van der Waals surface area contributed by atoms with Gasteiger partial charge >= 0.3 is 0 Å². The number of hydrogen-bond acceptors (Lipinski definition) is 2. The summed E-state index contributed by atoms with van der Waals surface area (Å²) in [5.74, 6) is 0.917. The SMILES string of the molecule is CCC1CCCC(OC2CCCCCCC2NC)C1. The normalized spacial score (nSPS) is 37.6. The molecule has 2 aliphatic carbocycles. The Labute approximate surface area is 119 Å². The molecular formula is C17H33NO. The van der Waals surface area contributed by atoms with E-state index < -0.39 is 0 Å². The molecule has 0 radical (unpaired) electrons. The number of nitrogens with one attached hydrogen (secondary N) is 1. The van der Waals surface area contributed by atoms with E-state index in [0.717, 1.165) is 5.92 Å². The highest BCUT2D eigenvalue weighted by Crippen LogP contribution is 2.31. The van der Waals surface area contributed by atoms with Gasteiger partial charge in [0.2, 0.25) is 0 Å². The summed E-state index contributed by atoms with van der Waals surface area (Å²) < 4.78 is 6.54. The lowest BCUT2D eigenvalue weighted by Gasteiger charge is -2.36. The van der Waals surface area contributed by atoms with E-state index >= 15 is 0 Å². The lowest BCUT2D eigenvalue weighted by atomic mass is 9.85. The summed E-state index contributed by atoms with van der Waals surface area (Å²) in [6.45, 7) is 2.33. The van der Waals surface area contributed by atoms with Gasteiger partial charge in [0, 0.05) is 6.04 Å². The molecule has 0 bridgehead atoms. The van der Waals surface area contributed by atoms with Crippen LogP contribution in [0.2, 0.25) is 0 Å². The minimum Gasteiger partial charge on any atom is -0.373 e. The third-order valence-electron chi connectivity index (χ3n) is 5.25. The van der Waals surface area contributed by atoms with Crippen molar-refractivity contribution in [1.82, 2.24) is 5.32 Å². The minimum atomic E-state index is 0.464. The van der Waals surface area contributed by atoms with Crippen LogP contribution in [0, 0.1) is 5.92 Å². The highest BCUT2D eigenvalue weighted by atomic mass is 16.5. The standard InChI is InChI=1S/C17H33NO/c1-3-14-9-8-10-15(13-14)19-17-12-7-5-4-6-11-16(17)18-2/h14-18H,3-13H2,1-2H3. The summed E-state index contributed by atoms with van der Waals surface area (Å²) in [5, 5.41) is 3.51. The van der Waals surface area contributed by atoms with E-state index in [9.17, 15) is 0 Å². The molecular weight excluding hydrogens is 234 g/mol. The van der Waals surface area contributed by atoms with Crippen molar-refractivity contribution in [1.29, 1.82) is 0 Å². The van der Waals surface area contributed by atoms with Crippen molar-refractivity contribution >= 4 is 0 Å². The second-order valence-electron chi connectivity index (χ2n) is 6.62. The first-order chi connectivity index (χ1) is 9.33. The quantitative estimate of drug-likeness (QED) is 0.820. The Kier molecular flexibility index (Phi) is 6.66. The van der Waals surface area contributed by atoms with Crippen LogP contribution >= 0.6 is 0 Å². The van der Waals surface area contributed by atoms with Crippen molar-refractivity contribution in [2.45, 2.75) is 95.8 Å². The Bertz CT molecular complexity index is 243. The average molecular weight is 267 g/mol. The van der Waals surface area contributed by atoms with Crippen molar-refractivity contribution in [3.05, 3.63) is 0 Å². The van der Waals surface area contributed by atoms with Crippen molar-refractivity contribution in [2.75, 3.05) is 7.05 Å². The van der Waals surface area contributed by atoms with Crippen molar-refractivity contribution in [3.63, 3.8) is 0 Å². The van der Waals surface area contributed by atoms with Gasteiger partial charge in [-0.15, -0.1) is 0 Å². The van der Waals surface area contributed by atoms with Crippen LogP contribution in [0.1, 0.15) is 77.6 Å². The van der Waals surface area contributed by atoms with Crippen molar-refractivity contribution in [2.24, 2.45) is 5.92 Å². The van der Waals surface area contributed by atoms with Gasteiger partial charge in [-0.25, -0.2) is 0 Å². The fourth-order valence-electron chi connectivity index (χ4n) is 3.93. The van der Waals surface area contributed by atoms with E-state index in [4.69, 9.17) is 4.74 Å². The van der Waals surface area contributed by atoms with E-state index in [-0.39, 0.29) is 0 Å². The van der Waals surface area contributed by atoms with E-state index in [1.54, 1.807) is 0 Å². The lowest BCUT2D eigenvalue weighted by Crippen LogP contribution is -2.42. The number of ether oxygens (including phenoxy) is 1. The molecule has 2 nitrogen and oxygen atoms in total. The minimum absolute atomic E-state index is 0.464. The fraction of sp³-hybridized carbons (Fsp3) is 1.00. The Morgan fingerprint density at radius 3 is 2.47 bits per heavy atom. The second-order valence-corrected chi connectivity index (χ2v) is 6.62. The molecule has 2 heteroatoms. The molecule has 0 aromatic rings. The van der Waals surface area contributed by atoms with Gasteiger partial charge in [0.15, 0.2) is 0 Å². The summed E-state index contributed by atoms with van der Waals surface area (Å²) in [7, 11) is 2.11. The lowest BCUT2D eigenvalue weighted by molar-refractivity contribution is -0.0624. The van der Waals surface area contributed by atoms with Gasteiger partial charge in [-0.05, 0) is 38.6 Å². The Hall–Kier alpha value is -0.0800. The van der Waals surface area contributed by atoms with Gasteiger partial charge in [0.05, 0.1) is 12.2 Å². The molecule has 19 heavy (non-hydrogen) atoms. The monoisotopic (exact) mass is 267 g/mol. The maximum atomic E-state index is 6.54. The molecule has 2 saturated carbocycles. The first-order valence-electron chi connectivity index (χ1n) is 8.66. The molecule has 0 aromatic carbocycles. The summed E-state index contributed by atoms with van der Waals surface area (Å²) in [5.41, 5.74) is 0. The molecule has 0 heterocycles. The summed E-state index contributed by atoms with van der Waals surface area (Å²) in [6.07, 6.45) is 15.8. The van der Waals surface area contributed by atoms with E-state index in [1.807, 2.05) is 0 Å². The van der Waals surface area contributed by atoms with E-state index in [1.165, 1.54) is 70.6 Å². The second kappa shape index (κ2) is 8.26. The molecule has 4 atom stereocenters. The van der Waals surface area contributed by atoms with E-state index in [2.05, 4.69) is 19.3 Å². The predicted octanol–water partition coefficient (Wildman–Crippen LogP) is 4.28. The van der Waals surface area contributed by atoms with Crippen LogP contribution in [0.5, 0.6) is 0 Å². The number of rotatable bonds is 4. The molecule has 4 unspecified atom stereocenters.